The highest BCUT2D eigenvalue weighted by Crippen LogP contribution is 2.25. The minimum absolute atomic E-state index is 0.183. The van der Waals surface area contributed by atoms with Gasteiger partial charge < -0.3 is 14.9 Å². The van der Waals surface area contributed by atoms with Gasteiger partial charge in [-0.05, 0) is 43.2 Å². The number of nitrogens with one attached hydrogen (secondary N) is 2. The molecule has 0 fully saturated rings. The Hall–Kier alpha value is -3.05. The lowest BCUT2D eigenvalue weighted by atomic mass is 10.1. The van der Waals surface area contributed by atoms with Gasteiger partial charge in [0.1, 0.15) is 11.5 Å². The number of anilines is 1. The molecule has 28 heavy (non-hydrogen) atoms. The van der Waals surface area contributed by atoms with E-state index in [-0.39, 0.29) is 5.91 Å². The zero-order valence-electron chi connectivity index (χ0n) is 15.2. The Kier molecular flexibility index (Phi) is 4.17. The Balaban J connectivity index is 1.34. The fourth-order valence-electron chi connectivity index (χ4n) is 3.70. The van der Waals surface area contributed by atoms with Gasteiger partial charge in [0, 0.05) is 46.3 Å². The van der Waals surface area contributed by atoms with Gasteiger partial charge in [-0.3, -0.25) is 4.79 Å². The van der Waals surface area contributed by atoms with Crippen LogP contribution in [0, 0.1) is 0 Å². The van der Waals surface area contributed by atoms with Crippen LogP contribution in [0.25, 0.3) is 22.2 Å². The van der Waals surface area contributed by atoms with Crippen molar-refractivity contribution in [1.82, 2.24) is 14.5 Å². The second-order valence-corrected chi connectivity index (χ2v) is 7.58. The third kappa shape index (κ3) is 3.18. The van der Waals surface area contributed by atoms with Crippen molar-refractivity contribution in [1.29, 1.82) is 0 Å². The molecule has 0 atom stereocenters. The van der Waals surface area contributed by atoms with Crippen molar-refractivity contribution in [3.63, 3.8) is 0 Å². The van der Waals surface area contributed by atoms with Crippen LogP contribution in [0.5, 0.6) is 0 Å². The van der Waals surface area contributed by atoms with Crippen LogP contribution in [0.1, 0.15) is 29.2 Å². The smallest absolute Gasteiger partial charge is 0.272 e. The first-order valence-electron chi connectivity index (χ1n) is 9.42. The van der Waals surface area contributed by atoms with Crippen LogP contribution >= 0.6 is 11.6 Å². The molecule has 6 heteroatoms. The highest BCUT2D eigenvalue weighted by Gasteiger charge is 2.14. The summed E-state index contributed by atoms with van der Waals surface area (Å²) in [6, 6.07) is 15.1. The Morgan fingerprint density at radius 1 is 1.11 bits per heavy atom. The fourth-order valence-corrected chi connectivity index (χ4v) is 3.87. The molecule has 2 aromatic carbocycles. The highest BCUT2D eigenvalue weighted by atomic mass is 35.5. The molecule has 1 amide bonds. The van der Waals surface area contributed by atoms with E-state index in [0.29, 0.717) is 10.7 Å². The number of H-pyrrole nitrogens is 1. The Morgan fingerprint density at radius 3 is 2.79 bits per heavy atom. The average Bonchev–Trinajstić information content (AvgIpc) is 3.32. The molecule has 5 nitrogen and oxygen atoms in total. The van der Waals surface area contributed by atoms with Crippen molar-refractivity contribution < 1.29 is 4.79 Å². The predicted molar refractivity (Wildman–Crippen MR) is 112 cm³/mol. The van der Waals surface area contributed by atoms with E-state index in [1.165, 1.54) is 12.8 Å². The summed E-state index contributed by atoms with van der Waals surface area (Å²) < 4.78 is 2.25. The maximum Gasteiger partial charge on any atom is 0.272 e. The number of carbonyl (C=O) groups excluding carboxylic acids is 1. The average molecular weight is 391 g/mol. The maximum absolute atomic E-state index is 12.6. The summed E-state index contributed by atoms with van der Waals surface area (Å²) in [5, 5.41) is 4.52. The number of imidazole rings is 1. The van der Waals surface area contributed by atoms with E-state index in [1.54, 1.807) is 0 Å². The van der Waals surface area contributed by atoms with E-state index in [9.17, 15) is 4.79 Å². The van der Waals surface area contributed by atoms with Gasteiger partial charge in [-0.2, -0.15) is 0 Å². The molecule has 0 bridgehead atoms. The molecular formula is C22H19ClN4O. The van der Waals surface area contributed by atoms with E-state index >= 15 is 0 Å². The van der Waals surface area contributed by atoms with Crippen LogP contribution in [-0.4, -0.2) is 20.4 Å². The topological polar surface area (TPSA) is 62.7 Å². The predicted octanol–water partition coefficient (Wildman–Crippen LogP) is 5.27. The molecule has 140 valence electrons. The summed E-state index contributed by atoms with van der Waals surface area (Å²) >= 11 is 6.01. The lowest BCUT2D eigenvalue weighted by molar-refractivity contribution is 0.102. The Labute approximate surface area is 167 Å². The molecule has 0 saturated heterocycles. The third-order valence-electron chi connectivity index (χ3n) is 5.18. The highest BCUT2D eigenvalue weighted by molar-refractivity contribution is 6.31. The minimum atomic E-state index is -0.183. The SMILES string of the molecule is O=C(Nc1ccc(-c2cn3c(n2)CCCC3)cc1)c1cc2ccc(Cl)cc2[nH]1. The second-order valence-electron chi connectivity index (χ2n) is 7.14. The number of nitrogens with zero attached hydrogens (tertiary/aromatic N) is 2. The van der Waals surface area contributed by atoms with Crippen molar-refractivity contribution >= 4 is 34.1 Å². The lowest BCUT2D eigenvalue weighted by Gasteiger charge is -2.11. The Bertz CT molecular complexity index is 1150. The van der Waals surface area contributed by atoms with Crippen molar-refractivity contribution in [2.24, 2.45) is 0 Å². The number of aromatic amines is 1. The fraction of sp³-hybridized carbons (Fsp3) is 0.182. The molecule has 4 aromatic rings. The number of aryl methyl sites for hydroxylation is 2. The van der Waals surface area contributed by atoms with E-state index in [1.807, 2.05) is 48.5 Å². The zero-order valence-corrected chi connectivity index (χ0v) is 16.0. The quantitative estimate of drug-likeness (QED) is 0.500. The largest absolute Gasteiger partial charge is 0.350 e. The summed E-state index contributed by atoms with van der Waals surface area (Å²) in [7, 11) is 0. The third-order valence-corrected chi connectivity index (χ3v) is 5.41. The number of halogens is 1. The van der Waals surface area contributed by atoms with E-state index in [4.69, 9.17) is 16.6 Å². The molecule has 1 aliphatic rings. The molecule has 2 N–H and O–H groups in total. The number of aromatic nitrogens is 3. The molecule has 0 spiro atoms. The first-order chi connectivity index (χ1) is 13.7. The molecule has 3 heterocycles. The van der Waals surface area contributed by atoms with Crippen molar-refractivity contribution in [3.8, 4) is 11.3 Å². The summed E-state index contributed by atoms with van der Waals surface area (Å²) in [5.74, 6) is 0.982. The summed E-state index contributed by atoms with van der Waals surface area (Å²) in [6.45, 7) is 1.05. The molecule has 0 radical (unpaired) electrons. The van der Waals surface area contributed by atoms with E-state index in [0.717, 1.165) is 46.6 Å². The zero-order chi connectivity index (χ0) is 19.1. The number of rotatable bonds is 3. The van der Waals surface area contributed by atoms with Crippen LogP contribution in [0.2, 0.25) is 5.02 Å². The van der Waals surface area contributed by atoms with Crippen LogP contribution in [0.3, 0.4) is 0 Å². The number of amides is 1. The molecular weight excluding hydrogens is 372 g/mol. The normalized spacial score (nSPS) is 13.5. The summed E-state index contributed by atoms with van der Waals surface area (Å²) in [6.07, 6.45) is 5.59. The number of benzene rings is 2. The van der Waals surface area contributed by atoms with Crippen molar-refractivity contribution in [2.75, 3.05) is 5.32 Å². The number of fused-ring (bicyclic) bond motifs is 2. The minimum Gasteiger partial charge on any atom is -0.350 e. The summed E-state index contributed by atoms with van der Waals surface area (Å²) in [5.41, 5.74) is 4.14. The van der Waals surface area contributed by atoms with Gasteiger partial charge >= 0.3 is 0 Å². The van der Waals surface area contributed by atoms with Gasteiger partial charge in [0.25, 0.3) is 5.91 Å². The first-order valence-corrected chi connectivity index (χ1v) is 9.80. The number of carbonyl (C=O) groups is 1. The maximum atomic E-state index is 12.6. The van der Waals surface area contributed by atoms with Gasteiger partial charge in [0.15, 0.2) is 0 Å². The van der Waals surface area contributed by atoms with Crippen molar-refractivity contribution in [3.05, 3.63) is 71.3 Å². The van der Waals surface area contributed by atoms with Crippen LogP contribution in [0.4, 0.5) is 5.69 Å². The van der Waals surface area contributed by atoms with Crippen molar-refractivity contribution in [2.45, 2.75) is 25.8 Å². The van der Waals surface area contributed by atoms with E-state index in [2.05, 4.69) is 21.1 Å². The second kappa shape index (κ2) is 6.84. The molecule has 0 unspecified atom stereocenters. The molecule has 0 aliphatic carbocycles. The molecule has 5 rings (SSSR count). The monoisotopic (exact) mass is 390 g/mol. The summed E-state index contributed by atoms with van der Waals surface area (Å²) in [4.78, 5) is 20.4. The number of hydrogen-bond donors (Lipinski definition) is 2. The Morgan fingerprint density at radius 2 is 1.96 bits per heavy atom. The van der Waals surface area contributed by atoms with Gasteiger partial charge in [-0.1, -0.05) is 29.8 Å². The molecule has 0 saturated carbocycles. The van der Waals surface area contributed by atoms with Gasteiger partial charge in [-0.25, -0.2) is 4.98 Å². The van der Waals surface area contributed by atoms with Gasteiger partial charge in [0.05, 0.1) is 5.69 Å². The lowest BCUT2D eigenvalue weighted by Crippen LogP contribution is -2.12. The number of hydrogen-bond acceptors (Lipinski definition) is 2. The van der Waals surface area contributed by atoms with Gasteiger partial charge in [-0.15, -0.1) is 0 Å². The van der Waals surface area contributed by atoms with Crippen LogP contribution in [-0.2, 0) is 13.0 Å². The molecule has 2 aromatic heterocycles. The standard InChI is InChI=1S/C22H19ClN4O/c23-16-7-4-15-11-19(25-18(15)12-16)22(28)24-17-8-5-14(6-9-17)20-13-27-10-2-1-3-21(27)26-20/h4-9,11-13,25H,1-3,10H2,(H,24,28). The first kappa shape index (κ1) is 17.1. The van der Waals surface area contributed by atoms with E-state index < -0.39 is 0 Å². The molecule has 1 aliphatic heterocycles. The van der Waals surface area contributed by atoms with Crippen LogP contribution < -0.4 is 5.32 Å². The van der Waals surface area contributed by atoms with Gasteiger partial charge in [0.2, 0.25) is 0 Å². The van der Waals surface area contributed by atoms with Crippen LogP contribution in [0.15, 0.2) is 54.7 Å².